The van der Waals surface area contributed by atoms with Crippen LogP contribution in [0.15, 0.2) is 0 Å². The molecule has 3 N–H and O–H groups in total. The van der Waals surface area contributed by atoms with Gasteiger partial charge < -0.3 is 11.1 Å². The van der Waals surface area contributed by atoms with Crippen LogP contribution in [-0.2, 0) is 4.79 Å². The van der Waals surface area contributed by atoms with Crippen LogP contribution in [0.4, 0.5) is 0 Å². The third-order valence-electron chi connectivity index (χ3n) is 2.67. The lowest BCUT2D eigenvalue weighted by molar-refractivity contribution is -0.127. The van der Waals surface area contributed by atoms with Gasteiger partial charge in [0.2, 0.25) is 0 Å². The molecular weight excluding hydrogens is 212 g/mol. The summed E-state index contributed by atoms with van der Waals surface area (Å²) in [4.78, 5) is 11.8. The Morgan fingerprint density at radius 1 is 1.12 bits per heavy atom. The minimum Gasteiger partial charge on any atom is -0.321 e. The highest BCUT2D eigenvalue weighted by Crippen LogP contribution is 2.18. The van der Waals surface area contributed by atoms with E-state index >= 15 is 0 Å². The summed E-state index contributed by atoms with van der Waals surface area (Å²) in [7, 11) is 0. The molecule has 0 saturated carbocycles. The number of Topliss-reactive ketones (excluding diaryl/α,β-unsaturated/α-hetero) is 1. The van der Waals surface area contributed by atoms with Gasteiger partial charge in [-0.05, 0) is 40.2 Å². The zero-order valence-corrected chi connectivity index (χ0v) is 12.4. The molecule has 0 amide bonds. The maximum atomic E-state index is 11.8. The first-order valence-electron chi connectivity index (χ1n) is 6.59. The average Bonchev–Trinajstić information content (AvgIpc) is 2.12. The molecule has 3 nitrogen and oxygen atoms in total. The standard InChI is InChI=1S/C14H30N2O/c1-13(2,3)12(17)11(15)9-7-8-10-16-14(4,5)6/h11,16H,7-10,15H2,1-6H3/t11-/m0/s1. The molecule has 0 aliphatic heterocycles. The Balaban J connectivity index is 3.73. The first kappa shape index (κ1) is 16.6. The number of hydrogen-bond acceptors (Lipinski definition) is 3. The first-order valence-corrected chi connectivity index (χ1v) is 6.59. The van der Waals surface area contributed by atoms with Gasteiger partial charge >= 0.3 is 0 Å². The van der Waals surface area contributed by atoms with E-state index in [4.69, 9.17) is 5.73 Å². The van der Waals surface area contributed by atoms with Crippen molar-refractivity contribution < 1.29 is 4.79 Å². The Bertz CT molecular complexity index is 236. The fourth-order valence-corrected chi connectivity index (χ4v) is 1.64. The average molecular weight is 242 g/mol. The predicted molar refractivity (Wildman–Crippen MR) is 74.0 cm³/mol. The summed E-state index contributed by atoms with van der Waals surface area (Å²) in [5, 5.41) is 3.43. The second-order valence-electron chi connectivity index (χ2n) is 6.89. The number of rotatable bonds is 6. The van der Waals surface area contributed by atoms with E-state index in [2.05, 4.69) is 26.1 Å². The van der Waals surface area contributed by atoms with Gasteiger partial charge in [0.15, 0.2) is 5.78 Å². The van der Waals surface area contributed by atoms with Gasteiger partial charge in [-0.3, -0.25) is 4.79 Å². The van der Waals surface area contributed by atoms with Gasteiger partial charge in [-0.25, -0.2) is 0 Å². The Morgan fingerprint density at radius 2 is 1.65 bits per heavy atom. The fourth-order valence-electron chi connectivity index (χ4n) is 1.64. The number of ketones is 1. The maximum absolute atomic E-state index is 11.8. The number of nitrogens with two attached hydrogens (primary N) is 1. The summed E-state index contributed by atoms with van der Waals surface area (Å²) >= 11 is 0. The van der Waals surface area contributed by atoms with Gasteiger partial charge in [-0.2, -0.15) is 0 Å². The van der Waals surface area contributed by atoms with E-state index in [0.717, 1.165) is 25.8 Å². The summed E-state index contributed by atoms with van der Waals surface area (Å²) in [5.41, 5.74) is 5.76. The van der Waals surface area contributed by atoms with Crippen molar-refractivity contribution in [2.24, 2.45) is 11.1 Å². The molecule has 0 saturated heterocycles. The van der Waals surface area contributed by atoms with Crippen molar-refractivity contribution in [2.75, 3.05) is 6.54 Å². The van der Waals surface area contributed by atoms with Crippen molar-refractivity contribution in [1.29, 1.82) is 0 Å². The van der Waals surface area contributed by atoms with Gasteiger partial charge in [0.05, 0.1) is 6.04 Å². The van der Waals surface area contributed by atoms with Crippen LogP contribution >= 0.6 is 0 Å². The van der Waals surface area contributed by atoms with Gasteiger partial charge in [-0.1, -0.05) is 27.2 Å². The number of carbonyl (C=O) groups excluding carboxylic acids is 1. The van der Waals surface area contributed by atoms with Crippen LogP contribution in [0.5, 0.6) is 0 Å². The van der Waals surface area contributed by atoms with Crippen LogP contribution in [0, 0.1) is 5.41 Å². The molecule has 102 valence electrons. The van der Waals surface area contributed by atoms with E-state index in [-0.39, 0.29) is 22.8 Å². The van der Waals surface area contributed by atoms with Crippen LogP contribution in [0.2, 0.25) is 0 Å². The normalized spacial score (nSPS) is 14.8. The van der Waals surface area contributed by atoms with Crippen LogP contribution in [0.3, 0.4) is 0 Å². The molecule has 1 atom stereocenters. The summed E-state index contributed by atoms with van der Waals surface area (Å²) in [6.07, 6.45) is 2.87. The smallest absolute Gasteiger partial charge is 0.154 e. The van der Waals surface area contributed by atoms with Crippen molar-refractivity contribution in [1.82, 2.24) is 5.32 Å². The second-order valence-corrected chi connectivity index (χ2v) is 6.89. The zero-order valence-electron chi connectivity index (χ0n) is 12.4. The molecule has 17 heavy (non-hydrogen) atoms. The highest BCUT2D eigenvalue weighted by Gasteiger charge is 2.26. The predicted octanol–water partition coefficient (Wildman–Crippen LogP) is 2.49. The van der Waals surface area contributed by atoms with Crippen molar-refractivity contribution >= 4 is 5.78 Å². The highest BCUT2D eigenvalue weighted by molar-refractivity contribution is 5.88. The van der Waals surface area contributed by atoms with Crippen molar-refractivity contribution in [2.45, 2.75) is 72.4 Å². The van der Waals surface area contributed by atoms with E-state index in [1.54, 1.807) is 0 Å². The molecule has 0 aliphatic carbocycles. The van der Waals surface area contributed by atoms with Gasteiger partial charge in [0.25, 0.3) is 0 Å². The lowest BCUT2D eigenvalue weighted by Crippen LogP contribution is -2.39. The number of hydrogen-bond donors (Lipinski definition) is 2. The third-order valence-corrected chi connectivity index (χ3v) is 2.67. The largest absolute Gasteiger partial charge is 0.321 e. The molecule has 0 aliphatic rings. The van der Waals surface area contributed by atoms with Crippen LogP contribution in [0.25, 0.3) is 0 Å². The van der Waals surface area contributed by atoms with Crippen molar-refractivity contribution in [3.8, 4) is 0 Å². The van der Waals surface area contributed by atoms with Crippen LogP contribution in [-0.4, -0.2) is 23.9 Å². The van der Waals surface area contributed by atoms with Crippen LogP contribution in [0.1, 0.15) is 60.8 Å². The molecule has 0 aromatic carbocycles. The van der Waals surface area contributed by atoms with E-state index < -0.39 is 0 Å². The fraction of sp³-hybridized carbons (Fsp3) is 0.929. The zero-order chi connectivity index (χ0) is 13.7. The summed E-state index contributed by atoms with van der Waals surface area (Å²) < 4.78 is 0. The summed E-state index contributed by atoms with van der Waals surface area (Å²) in [6.45, 7) is 13.2. The van der Waals surface area contributed by atoms with Gasteiger partial charge in [0, 0.05) is 11.0 Å². The Morgan fingerprint density at radius 3 is 2.06 bits per heavy atom. The monoisotopic (exact) mass is 242 g/mol. The molecule has 0 heterocycles. The van der Waals surface area contributed by atoms with E-state index in [0.29, 0.717) is 0 Å². The van der Waals surface area contributed by atoms with E-state index in [1.807, 2.05) is 20.8 Å². The molecule has 0 spiro atoms. The lowest BCUT2D eigenvalue weighted by Gasteiger charge is -2.22. The van der Waals surface area contributed by atoms with E-state index in [9.17, 15) is 4.79 Å². The maximum Gasteiger partial charge on any atom is 0.154 e. The van der Waals surface area contributed by atoms with E-state index in [1.165, 1.54) is 0 Å². The molecule has 0 bridgehead atoms. The summed E-state index contributed by atoms with van der Waals surface area (Å²) in [5.74, 6) is 0.168. The van der Waals surface area contributed by atoms with Gasteiger partial charge in [0.1, 0.15) is 0 Å². The Labute approximate surface area is 107 Å². The topological polar surface area (TPSA) is 55.1 Å². The molecule has 0 aromatic heterocycles. The molecule has 0 rings (SSSR count). The summed E-state index contributed by atoms with van der Waals surface area (Å²) in [6, 6.07) is -0.301. The van der Waals surface area contributed by atoms with Crippen LogP contribution < -0.4 is 11.1 Å². The Kier molecular flexibility index (Phi) is 6.35. The quantitative estimate of drug-likeness (QED) is 0.704. The van der Waals surface area contributed by atoms with Crippen molar-refractivity contribution in [3.63, 3.8) is 0 Å². The minimum atomic E-state index is -0.316. The SMILES string of the molecule is CC(C)(C)NCCCC[C@H](N)C(=O)C(C)(C)C. The highest BCUT2D eigenvalue weighted by atomic mass is 16.1. The molecule has 0 aromatic rings. The molecule has 0 radical (unpaired) electrons. The van der Waals surface area contributed by atoms with Crippen molar-refractivity contribution in [3.05, 3.63) is 0 Å². The molecule has 0 unspecified atom stereocenters. The molecule has 3 heteroatoms. The minimum absolute atomic E-state index is 0.168. The number of carbonyl (C=O) groups is 1. The first-order chi connectivity index (χ1) is 7.54. The number of unbranched alkanes of at least 4 members (excludes halogenated alkanes) is 1. The van der Waals surface area contributed by atoms with Gasteiger partial charge in [-0.15, -0.1) is 0 Å². The molecular formula is C14H30N2O. The lowest BCUT2D eigenvalue weighted by atomic mass is 9.85. The number of nitrogens with one attached hydrogen (secondary N) is 1. The Hall–Kier alpha value is -0.410. The second kappa shape index (κ2) is 6.50. The third kappa shape index (κ3) is 8.33. The molecule has 0 fully saturated rings.